The van der Waals surface area contributed by atoms with E-state index in [1.54, 1.807) is 13.8 Å². The van der Waals surface area contributed by atoms with E-state index in [9.17, 15) is 9.59 Å². The molecular formula is C25H32Cl3N3O3. The molecule has 4 fully saturated rings. The summed E-state index contributed by atoms with van der Waals surface area (Å²) >= 11 is 18.0. The zero-order chi connectivity index (χ0) is 24.4. The molecule has 1 aromatic rings. The molecule has 6 nitrogen and oxygen atoms in total. The topological polar surface area (TPSA) is 70.7 Å². The molecule has 2 N–H and O–H groups in total. The minimum atomic E-state index is -1.73. The first kappa shape index (κ1) is 24.5. The fourth-order valence-corrected chi connectivity index (χ4v) is 7.15. The number of carbonyl (C=O) groups is 2. The number of halogens is 3. The second-order valence-corrected chi connectivity index (χ2v) is 13.7. The number of ether oxygens (including phenoxy) is 1. The van der Waals surface area contributed by atoms with Gasteiger partial charge in [0.1, 0.15) is 0 Å². The van der Waals surface area contributed by atoms with Crippen molar-refractivity contribution >= 4 is 46.8 Å². The number of hydrogen-bond acceptors (Lipinski definition) is 4. The van der Waals surface area contributed by atoms with Gasteiger partial charge in [0.05, 0.1) is 6.54 Å². The van der Waals surface area contributed by atoms with Gasteiger partial charge in [-0.3, -0.25) is 4.79 Å². The van der Waals surface area contributed by atoms with Gasteiger partial charge in [0.25, 0.3) is 0 Å². The standard InChI is InChI=1S/C25H32Cl3N3O3/c1-22(2,25(26,27)28)34-21(33)30-24-10-16-7-17(11-24)9-23(8-16,15-24)29-12-20(32)31-13-18-5-3-4-6-19(18)14-31/h3-6,16-17,29H,7-15H2,1-2H3,(H,30,33). The Morgan fingerprint density at radius 3 is 2.15 bits per heavy atom. The van der Waals surface area contributed by atoms with E-state index in [4.69, 9.17) is 39.5 Å². The normalized spacial score (nSPS) is 32.0. The predicted molar refractivity (Wildman–Crippen MR) is 133 cm³/mol. The molecule has 5 aliphatic rings. The van der Waals surface area contributed by atoms with Crippen molar-refractivity contribution in [1.82, 2.24) is 15.5 Å². The number of nitrogens with zero attached hydrogens (tertiary/aromatic N) is 1. The summed E-state index contributed by atoms with van der Waals surface area (Å²) in [5, 5.41) is 6.81. The SMILES string of the molecule is CC(C)(OC(=O)NC12CC3CC(CC(NCC(=O)N4Cc5ccccc5C4)(C3)C1)C2)C(Cl)(Cl)Cl. The quantitative estimate of drug-likeness (QED) is 0.523. The fourth-order valence-electron chi connectivity index (χ4n) is 7.03. The molecule has 0 radical (unpaired) electrons. The lowest BCUT2D eigenvalue weighted by Gasteiger charge is -2.62. The molecule has 0 aromatic heterocycles. The lowest BCUT2D eigenvalue weighted by Crippen LogP contribution is -2.70. The van der Waals surface area contributed by atoms with Gasteiger partial charge in [-0.2, -0.15) is 0 Å². The number of nitrogens with one attached hydrogen (secondary N) is 2. The molecule has 2 atom stereocenters. The summed E-state index contributed by atoms with van der Waals surface area (Å²) in [6.07, 6.45) is 5.32. The maximum absolute atomic E-state index is 13.1. The summed E-state index contributed by atoms with van der Waals surface area (Å²) in [5.74, 6) is 1.15. The Morgan fingerprint density at radius 2 is 1.59 bits per heavy atom. The second kappa shape index (κ2) is 8.43. The molecular weight excluding hydrogens is 497 g/mol. The van der Waals surface area contributed by atoms with Gasteiger partial charge in [0, 0.05) is 24.2 Å². The van der Waals surface area contributed by atoms with E-state index >= 15 is 0 Å². The Kier molecular flexibility index (Phi) is 6.07. The van der Waals surface area contributed by atoms with E-state index in [1.807, 2.05) is 17.0 Å². The van der Waals surface area contributed by atoms with Crippen LogP contribution in [-0.4, -0.2) is 43.9 Å². The first-order chi connectivity index (χ1) is 15.9. The van der Waals surface area contributed by atoms with Crippen molar-refractivity contribution in [1.29, 1.82) is 0 Å². The molecule has 4 saturated carbocycles. The van der Waals surface area contributed by atoms with Gasteiger partial charge in [-0.15, -0.1) is 0 Å². The van der Waals surface area contributed by atoms with Crippen LogP contribution in [0.5, 0.6) is 0 Å². The van der Waals surface area contributed by atoms with Crippen LogP contribution in [0, 0.1) is 11.8 Å². The summed E-state index contributed by atoms with van der Waals surface area (Å²) in [5.41, 5.74) is 0.685. The molecule has 6 rings (SSSR count). The van der Waals surface area contributed by atoms with Crippen molar-refractivity contribution in [2.45, 2.75) is 85.9 Å². The highest BCUT2D eigenvalue weighted by atomic mass is 35.6. The van der Waals surface area contributed by atoms with Crippen molar-refractivity contribution in [3.63, 3.8) is 0 Å². The molecule has 0 saturated heterocycles. The number of carbonyl (C=O) groups excluding carboxylic acids is 2. The van der Waals surface area contributed by atoms with Crippen LogP contribution in [0.15, 0.2) is 24.3 Å². The van der Waals surface area contributed by atoms with E-state index in [-0.39, 0.29) is 17.0 Å². The summed E-state index contributed by atoms with van der Waals surface area (Å²) in [6.45, 7) is 4.83. The molecule has 1 aliphatic heterocycles. The highest BCUT2D eigenvalue weighted by Gasteiger charge is 2.58. The van der Waals surface area contributed by atoms with Gasteiger partial charge in [-0.05, 0) is 75.3 Å². The van der Waals surface area contributed by atoms with E-state index < -0.39 is 15.5 Å². The number of hydrogen-bond donors (Lipinski definition) is 2. The number of alkyl halides is 3. The van der Waals surface area contributed by atoms with Crippen LogP contribution in [0.25, 0.3) is 0 Å². The average Bonchev–Trinajstić information content (AvgIpc) is 3.13. The summed E-state index contributed by atoms with van der Waals surface area (Å²) in [4.78, 5) is 27.8. The second-order valence-electron chi connectivity index (χ2n) is 11.4. The Hall–Kier alpha value is -1.21. The lowest BCUT2D eigenvalue weighted by atomic mass is 9.50. The van der Waals surface area contributed by atoms with Crippen LogP contribution < -0.4 is 10.6 Å². The van der Waals surface area contributed by atoms with Gasteiger partial charge in [0.2, 0.25) is 9.70 Å². The third-order valence-electron chi connectivity index (χ3n) is 8.27. The first-order valence-corrected chi connectivity index (χ1v) is 13.2. The highest BCUT2D eigenvalue weighted by molar-refractivity contribution is 6.68. The summed E-state index contributed by atoms with van der Waals surface area (Å²) in [6, 6.07) is 8.22. The Bertz CT molecular complexity index is 954. The smallest absolute Gasteiger partial charge is 0.408 e. The van der Waals surface area contributed by atoms with Crippen LogP contribution in [0.4, 0.5) is 4.79 Å². The number of fused-ring (bicyclic) bond motifs is 1. The van der Waals surface area contributed by atoms with E-state index in [1.165, 1.54) is 17.5 Å². The largest absolute Gasteiger partial charge is 0.439 e. The van der Waals surface area contributed by atoms with Crippen molar-refractivity contribution in [3.05, 3.63) is 35.4 Å². The van der Waals surface area contributed by atoms with Crippen molar-refractivity contribution in [3.8, 4) is 0 Å². The molecule has 4 aliphatic carbocycles. The zero-order valence-corrected chi connectivity index (χ0v) is 21.9. The molecule has 2 amide bonds. The van der Waals surface area contributed by atoms with E-state index in [2.05, 4.69) is 22.8 Å². The van der Waals surface area contributed by atoms with Crippen LogP contribution in [0.3, 0.4) is 0 Å². The van der Waals surface area contributed by atoms with Crippen LogP contribution in [0.2, 0.25) is 0 Å². The van der Waals surface area contributed by atoms with Gasteiger partial charge in [-0.1, -0.05) is 59.1 Å². The van der Waals surface area contributed by atoms with Crippen molar-refractivity contribution < 1.29 is 14.3 Å². The van der Waals surface area contributed by atoms with E-state index in [0.717, 1.165) is 32.1 Å². The molecule has 0 spiro atoms. The number of rotatable bonds is 5. The Labute approximate surface area is 216 Å². The minimum absolute atomic E-state index is 0.123. The van der Waals surface area contributed by atoms with Crippen molar-refractivity contribution in [2.75, 3.05) is 6.54 Å². The van der Waals surface area contributed by atoms with Crippen molar-refractivity contribution in [2.24, 2.45) is 11.8 Å². The molecule has 1 heterocycles. The summed E-state index contributed by atoms with van der Waals surface area (Å²) in [7, 11) is 0. The molecule has 34 heavy (non-hydrogen) atoms. The van der Waals surface area contributed by atoms with Crippen LogP contribution in [-0.2, 0) is 22.6 Å². The molecule has 186 valence electrons. The molecule has 4 bridgehead atoms. The monoisotopic (exact) mass is 527 g/mol. The number of alkyl carbamates (subject to hydrolysis) is 1. The Morgan fingerprint density at radius 1 is 1.03 bits per heavy atom. The predicted octanol–water partition coefficient (Wildman–Crippen LogP) is 5.08. The van der Waals surface area contributed by atoms with Gasteiger partial charge < -0.3 is 20.3 Å². The lowest BCUT2D eigenvalue weighted by molar-refractivity contribution is -0.132. The molecule has 9 heteroatoms. The summed E-state index contributed by atoms with van der Waals surface area (Å²) < 4.78 is 3.81. The van der Waals surface area contributed by atoms with E-state index in [0.29, 0.717) is 31.5 Å². The fraction of sp³-hybridized carbons (Fsp3) is 0.680. The first-order valence-electron chi connectivity index (χ1n) is 12.1. The molecule has 2 unspecified atom stereocenters. The van der Waals surface area contributed by atoms with Gasteiger partial charge in [-0.25, -0.2) is 4.79 Å². The minimum Gasteiger partial charge on any atom is -0.439 e. The number of benzene rings is 1. The molecule has 1 aromatic carbocycles. The van der Waals surface area contributed by atoms with Crippen LogP contribution in [0.1, 0.15) is 63.5 Å². The maximum Gasteiger partial charge on any atom is 0.408 e. The van der Waals surface area contributed by atoms with Gasteiger partial charge in [0.15, 0.2) is 5.60 Å². The Balaban J connectivity index is 1.23. The van der Waals surface area contributed by atoms with Gasteiger partial charge >= 0.3 is 6.09 Å². The highest BCUT2D eigenvalue weighted by Crippen LogP contribution is 2.57. The third-order valence-corrected chi connectivity index (χ3v) is 9.63. The van der Waals surface area contributed by atoms with Crippen LogP contribution >= 0.6 is 34.8 Å². The zero-order valence-electron chi connectivity index (χ0n) is 19.6. The maximum atomic E-state index is 13.1. The third kappa shape index (κ3) is 4.63. The number of amides is 2. The average molecular weight is 529 g/mol.